The molecule has 0 fully saturated rings. The lowest BCUT2D eigenvalue weighted by Crippen LogP contribution is -2.27. The number of nitrogens with one attached hydrogen (secondary N) is 1. The van der Waals surface area contributed by atoms with Crippen LogP contribution in [0.5, 0.6) is 5.75 Å². The molecule has 3 rings (SSSR count). The first-order chi connectivity index (χ1) is 13.6. The van der Waals surface area contributed by atoms with E-state index in [1.165, 1.54) is 5.56 Å². The van der Waals surface area contributed by atoms with Crippen LogP contribution in [-0.2, 0) is 13.1 Å². The van der Waals surface area contributed by atoms with Gasteiger partial charge >= 0.3 is 0 Å². The number of nitrogens with zero attached hydrogens (tertiary/aromatic N) is 1. The molecule has 1 N–H and O–H groups in total. The summed E-state index contributed by atoms with van der Waals surface area (Å²) in [5.41, 5.74) is 2.97. The third-order valence-corrected chi connectivity index (χ3v) is 4.47. The fourth-order valence-corrected chi connectivity index (χ4v) is 3.00. The fourth-order valence-electron chi connectivity index (χ4n) is 3.00. The van der Waals surface area contributed by atoms with Gasteiger partial charge in [0.2, 0.25) is 0 Å². The average Bonchev–Trinajstić information content (AvgIpc) is 3.21. The molecule has 0 aliphatic carbocycles. The SMILES string of the molecule is CNC(=O)c1ccc(CN(CCOc2cccc(C)c2)Cc2ccco2)cc1. The Labute approximate surface area is 165 Å². The molecule has 0 saturated heterocycles. The minimum Gasteiger partial charge on any atom is -0.492 e. The molecule has 0 aliphatic heterocycles. The largest absolute Gasteiger partial charge is 0.492 e. The molecule has 5 heteroatoms. The van der Waals surface area contributed by atoms with Gasteiger partial charge in [-0.3, -0.25) is 9.69 Å². The van der Waals surface area contributed by atoms with Crippen LogP contribution in [0.3, 0.4) is 0 Å². The Bertz CT molecular complexity index is 873. The Morgan fingerprint density at radius 3 is 2.57 bits per heavy atom. The van der Waals surface area contributed by atoms with Crippen LogP contribution < -0.4 is 10.1 Å². The summed E-state index contributed by atoms with van der Waals surface area (Å²) in [5.74, 6) is 1.72. The van der Waals surface area contributed by atoms with Crippen molar-refractivity contribution >= 4 is 5.91 Å². The van der Waals surface area contributed by atoms with Gasteiger partial charge in [-0.1, -0.05) is 24.3 Å². The lowest BCUT2D eigenvalue weighted by molar-refractivity contribution is 0.0963. The van der Waals surface area contributed by atoms with E-state index in [1.807, 2.05) is 54.6 Å². The van der Waals surface area contributed by atoms with Crippen molar-refractivity contribution in [3.8, 4) is 5.75 Å². The molecule has 0 spiro atoms. The molecular weight excluding hydrogens is 352 g/mol. The molecule has 0 bridgehead atoms. The summed E-state index contributed by atoms with van der Waals surface area (Å²) >= 11 is 0. The van der Waals surface area contributed by atoms with Crippen LogP contribution in [0.2, 0.25) is 0 Å². The Morgan fingerprint density at radius 2 is 1.89 bits per heavy atom. The highest BCUT2D eigenvalue weighted by atomic mass is 16.5. The summed E-state index contributed by atoms with van der Waals surface area (Å²) in [5, 5.41) is 2.64. The number of hydrogen-bond acceptors (Lipinski definition) is 4. The van der Waals surface area contributed by atoms with Gasteiger partial charge in [-0.15, -0.1) is 0 Å². The van der Waals surface area contributed by atoms with Crippen molar-refractivity contribution in [2.75, 3.05) is 20.2 Å². The van der Waals surface area contributed by atoms with Gasteiger partial charge in [0.1, 0.15) is 18.1 Å². The highest BCUT2D eigenvalue weighted by Crippen LogP contribution is 2.14. The smallest absolute Gasteiger partial charge is 0.251 e. The number of benzene rings is 2. The van der Waals surface area contributed by atoms with Crippen LogP contribution in [0.15, 0.2) is 71.3 Å². The Kier molecular flexibility index (Phi) is 6.87. The van der Waals surface area contributed by atoms with E-state index in [9.17, 15) is 4.79 Å². The highest BCUT2D eigenvalue weighted by molar-refractivity contribution is 5.93. The molecule has 1 amide bonds. The summed E-state index contributed by atoms with van der Waals surface area (Å²) in [7, 11) is 1.63. The normalized spacial score (nSPS) is 10.8. The van der Waals surface area contributed by atoms with Gasteiger partial charge in [0.05, 0.1) is 12.8 Å². The standard InChI is InChI=1S/C23H26N2O3/c1-18-5-3-6-21(15-18)28-14-12-25(17-22-7-4-13-27-22)16-19-8-10-20(11-9-19)23(26)24-2/h3-11,13,15H,12,14,16-17H2,1-2H3,(H,24,26). The Morgan fingerprint density at radius 1 is 1.07 bits per heavy atom. The first-order valence-corrected chi connectivity index (χ1v) is 9.39. The number of hydrogen-bond donors (Lipinski definition) is 1. The molecule has 1 heterocycles. The van der Waals surface area contributed by atoms with Gasteiger partial charge in [0.15, 0.2) is 0 Å². The number of aryl methyl sites for hydroxylation is 1. The number of amides is 1. The van der Waals surface area contributed by atoms with E-state index in [0.717, 1.165) is 30.2 Å². The van der Waals surface area contributed by atoms with Crippen molar-refractivity contribution < 1.29 is 13.9 Å². The van der Waals surface area contributed by atoms with Crippen LogP contribution in [0.25, 0.3) is 0 Å². The zero-order valence-electron chi connectivity index (χ0n) is 16.4. The first kappa shape index (κ1) is 19.7. The second-order valence-corrected chi connectivity index (χ2v) is 6.73. The van der Waals surface area contributed by atoms with Crippen molar-refractivity contribution in [2.24, 2.45) is 0 Å². The third-order valence-electron chi connectivity index (χ3n) is 4.47. The predicted octanol–water partition coefficient (Wildman–Crippen LogP) is 4.03. The van der Waals surface area contributed by atoms with E-state index in [0.29, 0.717) is 18.7 Å². The third kappa shape index (κ3) is 5.72. The van der Waals surface area contributed by atoms with Crippen molar-refractivity contribution in [3.63, 3.8) is 0 Å². The van der Waals surface area contributed by atoms with E-state index >= 15 is 0 Å². The van der Waals surface area contributed by atoms with Crippen molar-refractivity contribution in [1.82, 2.24) is 10.2 Å². The fraction of sp³-hybridized carbons (Fsp3) is 0.261. The number of ether oxygens (including phenoxy) is 1. The summed E-state index contributed by atoms with van der Waals surface area (Å²) in [6.07, 6.45) is 1.69. The Hall–Kier alpha value is -3.05. The first-order valence-electron chi connectivity index (χ1n) is 9.39. The van der Waals surface area contributed by atoms with E-state index in [-0.39, 0.29) is 5.91 Å². The molecule has 0 atom stereocenters. The van der Waals surface area contributed by atoms with Crippen molar-refractivity contribution in [3.05, 3.63) is 89.4 Å². The highest BCUT2D eigenvalue weighted by Gasteiger charge is 2.10. The molecule has 5 nitrogen and oxygen atoms in total. The van der Waals surface area contributed by atoms with Gasteiger partial charge in [-0.05, 0) is 54.4 Å². The minimum absolute atomic E-state index is 0.0782. The summed E-state index contributed by atoms with van der Waals surface area (Å²) < 4.78 is 11.4. The molecule has 1 aromatic heterocycles. The zero-order valence-corrected chi connectivity index (χ0v) is 16.4. The van der Waals surface area contributed by atoms with Crippen LogP contribution in [0.4, 0.5) is 0 Å². The lowest BCUT2D eigenvalue weighted by atomic mass is 10.1. The number of carbonyl (C=O) groups excluding carboxylic acids is 1. The quantitative estimate of drug-likeness (QED) is 0.611. The number of furan rings is 1. The summed E-state index contributed by atoms with van der Waals surface area (Å²) in [4.78, 5) is 14.0. The second-order valence-electron chi connectivity index (χ2n) is 6.73. The molecule has 3 aromatic rings. The molecular formula is C23H26N2O3. The van der Waals surface area contributed by atoms with Crippen LogP contribution in [0, 0.1) is 6.92 Å². The van der Waals surface area contributed by atoms with Gasteiger partial charge in [0.25, 0.3) is 5.91 Å². The molecule has 2 aromatic carbocycles. The van der Waals surface area contributed by atoms with Gasteiger partial charge in [-0.25, -0.2) is 0 Å². The Balaban J connectivity index is 1.62. The van der Waals surface area contributed by atoms with Crippen LogP contribution in [0.1, 0.15) is 27.2 Å². The topological polar surface area (TPSA) is 54.7 Å². The van der Waals surface area contributed by atoms with E-state index < -0.39 is 0 Å². The van der Waals surface area contributed by atoms with E-state index in [2.05, 4.69) is 23.2 Å². The predicted molar refractivity (Wildman–Crippen MR) is 109 cm³/mol. The zero-order chi connectivity index (χ0) is 19.8. The van der Waals surface area contributed by atoms with Crippen LogP contribution in [-0.4, -0.2) is 31.0 Å². The average molecular weight is 378 g/mol. The maximum absolute atomic E-state index is 11.7. The molecule has 0 radical (unpaired) electrons. The number of carbonyl (C=O) groups is 1. The van der Waals surface area contributed by atoms with Gasteiger partial charge in [-0.2, -0.15) is 0 Å². The molecule has 146 valence electrons. The van der Waals surface area contributed by atoms with E-state index in [1.54, 1.807) is 13.3 Å². The molecule has 0 unspecified atom stereocenters. The minimum atomic E-state index is -0.0782. The molecule has 28 heavy (non-hydrogen) atoms. The molecule has 0 aliphatic rings. The molecule has 0 saturated carbocycles. The lowest BCUT2D eigenvalue weighted by Gasteiger charge is -2.21. The maximum Gasteiger partial charge on any atom is 0.251 e. The van der Waals surface area contributed by atoms with Crippen molar-refractivity contribution in [2.45, 2.75) is 20.0 Å². The number of rotatable bonds is 9. The van der Waals surface area contributed by atoms with Gasteiger partial charge < -0.3 is 14.5 Å². The van der Waals surface area contributed by atoms with Crippen LogP contribution >= 0.6 is 0 Å². The second kappa shape index (κ2) is 9.76. The van der Waals surface area contributed by atoms with E-state index in [4.69, 9.17) is 9.15 Å². The van der Waals surface area contributed by atoms with Crippen molar-refractivity contribution in [1.29, 1.82) is 0 Å². The van der Waals surface area contributed by atoms with Gasteiger partial charge in [0, 0.05) is 25.7 Å². The summed E-state index contributed by atoms with van der Waals surface area (Å²) in [6, 6.07) is 19.6. The monoisotopic (exact) mass is 378 g/mol. The maximum atomic E-state index is 11.7. The summed E-state index contributed by atoms with van der Waals surface area (Å²) in [6.45, 7) is 4.83.